The van der Waals surface area contributed by atoms with Crippen molar-refractivity contribution >= 4 is 13.7 Å². The quantitative estimate of drug-likeness (QED) is 0.0272. The van der Waals surface area contributed by atoms with Gasteiger partial charge >= 0.3 is 0 Å². The third-order valence-electron chi connectivity index (χ3n) is 14.6. The van der Waals surface area contributed by atoms with Gasteiger partial charge in [0.25, 0.3) is 7.82 Å². The highest BCUT2D eigenvalue weighted by Crippen LogP contribution is 2.38. The average molecular weight is 1050 g/mol. The van der Waals surface area contributed by atoms with Crippen LogP contribution in [-0.4, -0.2) is 68.5 Å². The monoisotopic (exact) mass is 1050 g/mol. The summed E-state index contributed by atoms with van der Waals surface area (Å²) in [5, 5.41) is 13.9. The molecule has 0 aromatic carbocycles. The molecule has 432 valence electrons. The van der Waals surface area contributed by atoms with Crippen molar-refractivity contribution < 1.29 is 32.9 Å². The van der Waals surface area contributed by atoms with E-state index in [1.165, 1.54) is 257 Å². The third-order valence-corrected chi connectivity index (χ3v) is 15.5. The number of carbonyl (C=O) groups excluding carboxylic acids is 1. The van der Waals surface area contributed by atoms with E-state index in [1.54, 1.807) is 6.08 Å². The number of hydrogen-bond acceptors (Lipinski definition) is 6. The maximum atomic E-state index is 13.0. The van der Waals surface area contributed by atoms with Crippen LogP contribution in [0.15, 0.2) is 36.5 Å². The molecule has 0 fully saturated rings. The molecule has 0 aromatic heterocycles. The number of rotatable bonds is 59. The molecular formula is C64H125N2O6P. The maximum absolute atomic E-state index is 13.0. The SMILES string of the molecule is CCCCCCCCCC/C=C\CCCCCCCCCCCC(=O)NC(COP(=O)([O-])OCC[N+](C)(C)C)C(O)/C=C/CC/C=C/CCCCCCCCCCCCCCCCCCCCCCCCCC. The Labute approximate surface area is 455 Å². The minimum atomic E-state index is -4.61. The largest absolute Gasteiger partial charge is 0.756 e. The Morgan fingerprint density at radius 1 is 0.466 bits per heavy atom. The van der Waals surface area contributed by atoms with Crippen LogP contribution >= 0.6 is 7.82 Å². The van der Waals surface area contributed by atoms with Gasteiger partial charge in [-0.3, -0.25) is 9.36 Å². The standard InChI is InChI=1S/C64H125N2O6P/c1-6-8-10-12-14-16-18-20-22-24-26-28-29-30-31-32-33-34-35-36-38-39-41-43-45-47-49-51-53-55-57-63(67)62(61-72-73(69,70)71-60-59-66(3,4)5)65-64(68)58-56-54-52-50-48-46-44-42-40-37-27-25-23-21-19-17-15-13-11-9-7-2/h25,27,47,49,55,57,62-63,67H,6-24,26,28-46,48,50-54,56,58-61H2,1-5H3,(H-,65,68,69,70)/b27-25-,49-47+,57-55+. The fourth-order valence-electron chi connectivity index (χ4n) is 9.58. The van der Waals surface area contributed by atoms with Crippen molar-refractivity contribution in [1.82, 2.24) is 5.32 Å². The lowest BCUT2D eigenvalue weighted by Gasteiger charge is -2.29. The van der Waals surface area contributed by atoms with E-state index < -0.39 is 26.6 Å². The van der Waals surface area contributed by atoms with E-state index >= 15 is 0 Å². The highest BCUT2D eigenvalue weighted by molar-refractivity contribution is 7.45. The Morgan fingerprint density at radius 3 is 1.11 bits per heavy atom. The van der Waals surface area contributed by atoms with Crippen molar-refractivity contribution in [2.45, 2.75) is 328 Å². The Morgan fingerprint density at radius 2 is 0.767 bits per heavy atom. The van der Waals surface area contributed by atoms with Gasteiger partial charge < -0.3 is 28.8 Å². The van der Waals surface area contributed by atoms with Gasteiger partial charge in [-0.25, -0.2) is 0 Å². The number of quaternary nitrogens is 1. The first kappa shape index (κ1) is 71.7. The Bertz CT molecular complexity index is 1280. The van der Waals surface area contributed by atoms with E-state index in [4.69, 9.17) is 9.05 Å². The maximum Gasteiger partial charge on any atom is 0.268 e. The van der Waals surface area contributed by atoms with Crippen LogP contribution in [0.2, 0.25) is 0 Å². The number of phosphoric ester groups is 1. The molecule has 2 N–H and O–H groups in total. The summed E-state index contributed by atoms with van der Waals surface area (Å²) < 4.78 is 23.4. The Hall–Kier alpha value is -1.28. The highest BCUT2D eigenvalue weighted by atomic mass is 31.2. The van der Waals surface area contributed by atoms with E-state index in [1.807, 2.05) is 27.2 Å². The molecule has 9 heteroatoms. The number of allylic oxidation sites excluding steroid dienone is 5. The number of amides is 1. The summed E-state index contributed by atoms with van der Waals surface area (Å²) in [7, 11) is 1.25. The number of phosphoric acid groups is 1. The normalized spacial score (nSPS) is 14.0. The Kier molecular flexibility index (Phi) is 54.5. The van der Waals surface area contributed by atoms with Crippen molar-refractivity contribution in [3.05, 3.63) is 36.5 Å². The Balaban J connectivity index is 4.15. The topological polar surface area (TPSA) is 108 Å². The first-order valence-electron chi connectivity index (χ1n) is 31.9. The van der Waals surface area contributed by atoms with Gasteiger partial charge in [0.05, 0.1) is 39.9 Å². The molecular weight excluding hydrogens is 924 g/mol. The molecule has 3 atom stereocenters. The van der Waals surface area contributed by atoms with Crippen LogP contribution in [0.4, 0.5) is 0 Å². The molecule has 0 spiro atoms. The van der Waals surface area contributed by atoms with Gasteiger partial charge in [0.1, 0.15) is 13.2 Å². The lowest BCUT2D eigenvalue weighted by Crippen LogP contribution is -2.45. The summed E-state index contributed by atoms with van der Waals surface area (Å²) in [6.07, 6.45) is 72.5. The van der Waals surface area contributed by atoms with Crippen LogP contribution in [0.5, 0.6) is 0 Å². The fraction of sp³-hybridized carbons (Fsp3) is 0.891. The van der Waals surface area contributed by atoms with E-state index in [0.717, 1.165) is 38.5 Å². The zero-order valence-corrected chi connectivity index (χ0v) is 50.3. The van der Waals surface area contributed by atoms with Crippen molar-refractivity contribution in [2.75, 3.05) is 40.9 Å². The van der Waals surface area contributed by atoms with Crippen LogP contribution < -0.4 is 10.2 Å². The minimum absolute atomic E-state index is 0.00593. The lowest BCUT2D eigenvalue weighted by atomic mass is 10.0. The van der Waals surface area contributed by atoms with Gasteiger partial charge in [0, 0.05) is 6.42 Å². The molecule has 0 bridgehead atoms. The molecule has 8 nitrogen and oxygen atoms in total. The number of hydrogen-bond donors (Lipinski definition) is 2. The summed E-state index contributed by atoms with van der Waals surface area (Å²) in [4.78, 5) is 25.5. The van der Waals surface area contributed by atoms with Gasteiger partial charge in [-0.15, -0.1) is 0 Å². The first-order valence-corrected chi connectivity index (χ1v) is 33.3. The molecule has 1 amide bonds. The second kappa shape index (κ2) is 55.5. The molecule has 0 heterocycles. The summed E-state index contributed by atoms with van der Waals surface area (Å²) in [5.74, 6) is -0.205. The van der Waals surface area contributed by atoms with Gasteiger partial charge in [0.15, 0.2) is 0 Å². The zero-order chi connectivity index (χ0) is 53.5. The molecule has 0 aliphatic rings. The molecule has 73 heavy (non-hydrogen) atoms. The smallest absolute Gasteiger partial charge is 0.268 e. The second-order valence-electron chi connectivity index (χ2n) is 23.1. The number of unbranched alkanes of at least 4 members (excludes halogenated alkanes) is 42. The molecule has 0 aliphatic carbocycles. The van der Waals surface area contributed by atoms with Crippen LogP contribution in [0, 0.1) is 0 Å². The predicted octanol–water partition coefficient (Wildman–Crippen LogP) is 19.1. The van der Waals surface area contributed by atoms with E-state index in [0.29, 0.717) is 17.4 Å². The second-order valence-corrected chi connectivity index (χ2v) is 24.5. The van der Waals surface area contributed by atoms with Crippen molar-refractivity contribution in [1.29, 1.82) is 0 Å². The number of aliphatic hydroxyl groups is 1. The van der Waals surface area contributed by atoms with Gasteiger partial charge in [0.2, 0.25) is 5.91 Å². The van der Waals surface area contributed by atoms with E-state index in [9.17, 15) is 19.4 Å². The van der Waals surface area contributed by atoms with Gasteiger partial charge in [-0.05, 0) is 57.8 Å². The molecule has 0 aliphatic heterocycles. The zero-order valence-electron chi connectivity index (χ0n) is 49.4. The van der Waals surface area contributed by atoms with Crippen molar-refractivity contribution in [2.24, 2.45) is 0 Å². The molecule has 3 unspecified atom stereocenters. The molecule has 0 saturated heterocycles. The van der Waals surface area contributed by atoms with Crippen LogP contribution in [0.1, 0.15) is 316 Å². The first-order chi connectivity index (χ1) is 35.5. The molecule has 0 radical (unpaired) electrons. The predicted molar refractivity (Wildman–Crippen MR) is 316 cm³/mol. The summed E-state index contributed by atoms with van der Waals surface area (Å²) in [6.45, 7) is 4.67. The summed E-state index contributed by atoms with van der Waals surface area (Å²) in [6, 6.07) is -0.905. The van der Waals surface area contributed by atoms with Crippen LogP contribution in [0.25, 0.3) is 0 Å². The average Bonchev–Trinajstić information content (AvgIpc) is 3.35. The summed E-state index contributed by atoms with van der Waals surface area (Å²) in [5.41, 5.74) is 0. The molecule has 0 saturated carbocycles. The number of aliphatic hydroxyl groups excluding tert-OH is 1. The van der Waals surface area contributed by atoms with E-state index in [-0.39, 0.29) is 12.5 Å². The number of carbonyl (C=O) groups is 1. The lowest BCUT2D eigenvalue weighted by molar-refractivity contribution is -0.870. The van der Waals surface area contributed by atoms with Gasteiger partial charge in [-0.2, -0.15) is 0 Å². The fourth-order valence-corrected chi connectivity index (χ4v) is 10.3. The highest BCUT2D eigenvalue weighted by Gasteiger charge is 2.23. The van der Waals surface area contributed by atoms with Crippen molar-refractivity contribution in [3.63, 3.8) is 0 Å². The molecule has 0 aromatic rings. The van der Waals surface area contributed by atoms with Gasteiger partial charge in [-0.1, -0.05) is 288 Å². The number of nitrogens with one attached hydrogen (secondary N) is 1. The van der Waals surface area contributed by atoms with Crippen LogP contribution in [0.3, 0.4) is 0 Å². The van der Waals surface area contributed by atoms with Crippen LogP contribution in [-0.2, 0) is 18.4 Å². The van der Waals surface area contributed by atoms with Crippen molar-refractivity contribution in [3.8, 4) is 0 Å². The number of likely N-dealkylation sites (N-methyl/N-ethyl adjacent to an activating group) is 1. The third kappa shape index (κ3) is 58.2. The van der Waals surface area contributed by atoms with E-state index in [2.05, 4.69) is 43.5 Å². The number of nitrogens with zero attached hydrogens (tertiary/aromatic N) is 1. The minimum Gasteiger partial charge on any atom is -0.756 e. The summed E-state index contributed by atoms with van der Waals surface area (Å²) >= 11 is 0. The molecule has 0 rings (SSSR count).